The van der Waals surface area contributed by atoms with E-state index >= 15 is 0 Å². The second kappa shape index (κ2) is 11.9. The van der Waals surface area contributed by atoms with Gasteiger partial charge in [-0.05, 0) is 34.7 Å². The quantitative estimate of drug-likeness (QED) is 0.188. The molecule has 1 radical (unpaired) electrons. The summed E-state index contributed by atoms with van der Waals surface area (Å²) in [5.74, 6) is 1.02. The summed E-state index contributed by atoms with van der Waals surface area (Å²) in [6, 6.07) is 29.9. The van der Waals surface area contributed by atoms with Gasteiger partial charge in [0.25, 0.3) is 0 Å². The van der Waals surface area contributed by atoms with E-state index in [1.165, 1.54) is 10.8 Å². The Kier molecular flexibility index (Phi) is 8.74. The number of nitrogens with zero attached hydrogens (tertiary/aromatic N) is 2. The number of methoxy groups -OCH3 is 2. The third-order valence-electron chi connectivity index (χ3n) is 5.04. The monoisotopic (exact) mass is 627 g/mol. The van der Waals surface area contributed by atoms with Crippen LogP contribution in [-0.2, 0) is 20.1 Å². The molecule has 2 heterocycles. The molecule has 34 heavy (non-hydrogen) atoms. The van der Waals surface area contributed by atoms with E-state index in [0.717, 1.165) is 11.3 Å². The molecule has 0 unspecified atom stereocenters. The van der Waals surface area contributed by atoms with Crippen molar-refractivity contribution < 1.29 is 34.4 Å². The van der Waals surface area contributed by atoms with Gasteiger partial charge < -0.3 is 19.4 Å². The molecule has 5 aromatic rings. The van der Waals surface area contributed by atoms with Gasteiger partial charge in [-0.15, -0.1) is 35.9 Å². The van der Waals surface area contributed by atoms with Crippen LogP contribution in [0.25, 0.3) is 22.0 Å². The molecular weight excluding hydrogens is 605 g/mol. The molecule has 0 atom stereocenters. The third-order valence-corrected chi connectivity index (χ3v) is 5.04. The van der Waals surface area contributed by atoms with Crippen molar-refractivity contribution in [2.75, 3.05) is 14.2 Å². The molecule has 0 saturated carbocycles. The van der Waals surface area contributed by atoms with Crippen molar-refractivity contribution >= 4 is 16.6 Å². The van der Waals surface area contributed by atoms with Crippen LogP contribution >= 0.6 is 0 Å². The van der Waals surface area contributed by atoms with Crippen molar-refractivity contribution in [2.45, 2.75) is 0 Å². The molecular formula is C28H22IrN2O3-2. The maximum Gasteiger partial charge on any atom is 0.171 e. The number of pyridine rings is 1. The minimum absolute atomic E-state index is 0. The number of carbonyl (C=O) groups is 1. The Morgan fingerprint density at radius 3 is 2.26 bits per heavy atom. The number of ketones is 1. The molecule has 0 N–H and O–H groups in total. The van der Waals surface area contributed by atoms with E-state index < -0.39 is 0 Å². The van der Waals surface area contributed by atoms with E-state index in [-0.39, 0.29) is 25.9 Å². The van der Waals surface area contributed by atoms with Gasteiger partial charge in [0, 0.05) is 37.9 Å². The molecule has 0 saturated heterocycles. The Bertz CT molecular complexity index is 1330. The maximum atomic E-state index is 12.1. The van der Waals surface area contributed by atoms with Crippen LogP contribution in [0.1, 0.15) is 16.1 Å². The number of aromatic nitrogens is 2. The number of rotatable bonds is 5. The van der Waals surface area contributed by atoms with E-state index in [1.807, 2.05) is 48.7 Å². The fourth-order valence-electron chi connectivity index (χ4n) is 3.40. The van der Waals surface area contributed by atoms with Crippen LogP contribution in [0.5, 0.6) is 11.5 Å². The van der Waals surface area contributed by atoms with Gasteiger partial charge in [-0.1, -0.05) is 42.1 Å². The summed E-state index contributed by atoms with van der Waals surface area (Å²) < 4.78 is 10.2. The Labute approximate surface area is 212 Å². The standard InChI is InChI=1S/C15H10N.C13H13NO3.Ir/c1-2-7-13(8-3-1)15-14-9-5-4-6-12(14)10-11-16-15;1-16-10-6-9(7-11(8-10)17-2)13(15)12-4-3-5-14-12;/h1-7,9-11H;3-8H,1-2H3,(H,14,15);/q-1;;/p-1. The number of fused-ring (bicyclic) bond motifs is 1. The number of ether oxygens (including phenoxy) is 2. The summed E-state index contributed by atoms with van der Waals surface area (Å²) in [6.07, 6.45) is 3.43. The first-order chi connectivity index (χ1) is 16.2. The van der Waals surface area contributed by atoms with Gasteiger partial charge in [-0.25, -0.2) is 0 Å². The molecule has 0 aliphatic heterocycles. The minimum Gasteiger partial charge on any atom is -0.661 e. The minimum atomic E-state index is -0.146. The smallest absolute Gasteiger partial charge is 0.171 e. The molecule has 5 nitrogen and oxygen atoms in total. The molecule has 3 aromatic carbocycles. The van der Waals surface area contributed by atoms with Gasteiger partial charge in [0.1, 0.15) is 11.5 Å². The van der Waals surface area contributed by atoms with E-state index in [4.69, 9.17) is 9.47 Å². The van der Waals surface area contributed by atoms with Crippen LogP contribution in [-0.4, -0.2) is 25.0 Å². The number of hydrogen-bond acceptors (Lipinski definition) is 4. The van der Waals surface area contributed by atoms with Crippen LogP contribution in [0, 0.1) is 6.07 Å². The zero-order chi connectivity index (χ0) is 23.0. The third kappa shape index (κ3) is 5.79. The Hall–Kier alpha value is -3.73. The largest absolute Gasteiger partial charge is 0.661 e. The molecule has 0 aliphatic rings. The Morgan fingerprint density at radius 2 is 1.62 bits per heavy atom. The molecule has 173 valence electrons. The predicted octanol–water partition coefficient (Wildman–Crippen LogP) is 5.59. The van der Waals surface area contributed by atoms with Gasteiger partial charge in [0.05, 0.1) is 14.2 Å². The predicted molar refractivity (Wildman–Crippen MR) is 129 cm³/mol. The van der Waals surface area contributed by atoms with Gasteiger partial charge in [-0.3, -0.25) is 4.79 Å². The van der Waals surface area contributed by atoms with E-state index in [2.05, 4.69) is 28.2 Å². The van der Waals surface area contributed by atoms with Crippen molar-refractivity contribution in [3.8, 4) is 22.8 Å². The fourth-order valence-corrected chi connectivity index (χ4v) is 3.40. The molecule has 5 rings (SSSR count). The summed E-state index contributed by atoms with van der Waals surface area (Å²) >= 11 is 0. The average Bonchev–Trinajstić information content (AvgIpc) is 3.43. The maximum absolute atomic E-state index is 12.1. The molecule has 0 bridgehead atoms. The van der Waals surface area contributed by atoms with Gasteiger partial charge >= 0.3 is 0 Å². The number of benzene rings is 3. The normalized spacial score (nSPS) is 9.94. The van der Waals surface area contributed by atoms with Gasteiger partial charge in [0.2, 0.25) is 0 Å². The van der Waals surface area contributed by atoms with Crippen LogP contribution < -0.4 is 14.5 Å². The zero-order valence-corrected chi connectivity index (χ0v) is 21.1. The first-order valence-corrected chi connectivity index (χ1v) is 10.4. The van der Waals surface area contributed by atoms with Crippen LogP contribution in [0.4, 0.5) is 0 Å². The SMILES string of the molecule is COc1cc(OC)cc(C(=O)c2ccc[n-]2)c1.[Ir].[c-]1ccccc1-c1nccc2ccccc12. The average molecular weight is 627 g/mol. The summed E-state index contributed by atoms with van der Waals surface area (Å²) in [4.78, 5) is 20.5. The Balaban J connectivity index is 0.000000185. The summed E-state index contributed by atoms with van der Waals surface area (Å²) in [5.41, 5.74) is 2.96. The first kappa shape index (κ1) is 24.9. The van der Waals surface area contributed by atoms with Gasteiger partial charge in [-0.2, -0.15) is 6.20 Å². The van der Waals surface area contributed by atoms with E-state index in [1.54, 1.807) is 50.7 Å². The van der Waals surface area contributed by atoms with E-state index in [9.17, 15) is 4.79 Å². The van der Waals surface area contributed by atoms with Crippen LogP contribution in [0.15, 0.2) is 97.3 Å². The van der Waals surface area contributed by atoms with Crippen LogP contribution in [0.2, 0.25) is 0 Å². The number of carbonyl (C=O) groups excluding carboxylic acids is 1. The number of hydrogen-bond donors (Lipinski definition) is 0. The zero-order valence-electron chi connectivity index (χ0n) is 18.7. The molecule has 2 aromatic heterocycles. The van der Waals surface area contributed by atoms with Crippen LogP contribution in [0.3, 0.4) is 0 Å². The van der Waals surface area contributed by atoms with Crippen molar-refractivity contribution in [3.05, 3.63) is 115 Å². The molecule has 6 heteroatoms. The van der Waals surface area contributed by atoms with Crippen molar-refractivity contribution in [1.29, 1.82) is 0 Å². The second-order valence-electron chi connectivity index (χ2n) is 7.11. The molecule has 0 aliphatic carbocycles. The molecule has 0 spiro atoms. The summed E-state index contributed by atoms with van der Waals surface area (Å²) in [5, 5.41) is 2.39. The van der Waals surface area contributed by atoms with Crippen molar-refractivity contribution in [3.63, 3.8) is 0 Å². The van der Waals surface area contributed by atoms with Gasteiger partial charge in [0.15, 0.2) is 5.78 Å². The molecule has 0 fully saturated rings. The molecule has 0 amide bonds. The Morgan fingerprint density at radius 1 is 0.882 bits per heavy atom. The summed E-state index contributed by atoms with van der Waals surface area (Å²) in [7, 11) is 3.09. The van der Waals surface area contributed by atoms with Crippen molar-refractivity contribution in [1.82, 2.24) is 9.97 Å². The topological polar surface area (TPSA) is 62.5 Å². The van der Waals surface area contributed by atoms with Crippen molar-refractivity contribution in [2.24, 2.45) is 0 Å². The first-order valence-electron chi connectivity index (χ1n) is 10.4. The second-order valence-corrected chi connectivity index (χ2v) is 7.11. The van der Waals surface area contributed by atoms with E-state index in [0.29, 0.717) is 22.8 Å². The fraction of sp³-hybridized carbons (Fsp3) is 0.0714. The summed E-state index contributed by atoms with van der Waals surface area (Å²) in [6.45, 7) is 0.